The number of allylic oxidation sites excluding steroid dienone is 2. The van der Waals surface area contributed by atoms with Crippen LogP contribution in [0.15, 0.2) is 24.1 Å². The van der Waals surface area contributed by atoms with Crippen LogP contribution >= 0.6 is 0 Å². The lowest BCUT2D eigenvalue weighted by Crippen LogP contribution is -2.32. The number of rotatable bonds is 1. The highest BCUT2D eigenvalue weighted by Gasteiger charge is 2.43. The largest absolute Gasteiger partial charge is 0.525 e. The molecule has 1 aliphatic carbocycles. The van der Waals surface area contributed by atoms with Gasteiger partial charge in [0.05, 0.1) is 0 Å². The van der Waals surface area contributed by atoms with E-state index in [0.29, 0.717) is 0 Å². The minimum absolute atomic E-state index is 0.153. The predicted molar refractivity (Wildman–Crippen MR) is 33.9 cm³/mol. The van der Waals surface area contributed by atoms with Gasteiger partial charge in [-0.3, -0.25) is 4.74 Å². The lowest BCUT2D eigenvalue weighted by atomic mass is 10.1. The lowest BCUT2D eigenvalue weighted by Gasteiger charge is -2.23. The summed E-state index contributed by atoms with van der Waals surface area (Å²) in [5.41, 5.74) is 0. The quantitative estimate of drug-likeness (QED) is 0.591. The van der Waals surface area contributed by atoms with Gasteiger partial charge >= 0.3 is 6.36 Å². The Bertz CT molecular complexity index is 254. The van der Waals surface area contributed by atoms with Crippen LogP contribution in [0.3, 0.4) is 0 Å². The van der Waals surface area contributed by atoms with Gasteiger partial charge in [0, 0.05) is 12.5 Å². The Morgan fingerprint density at radius 1 is 1.38 bits per heavy atom. The summed E-state index contributed by atoms with van der Waals surface area (Å²) in [6.45, 7) is 0. The fourth-order valence-electron chi connectivity index (χ4n) is 0.909. The average molecular weight is 200 g/mol. The van der Waals surface area contributed by atoms with Crippen LogP contribution < -0.4 is 0 Å². The van der Waals surface area contributed by atoms with Crippen LogP contribution in [0, 0.1) is 0 Å². The molecule has 0 aliphatic heterocycles. The van der Waals surface area contributed by atoms with Gasteiger partial charge in [-0.05, 0) is 6.08 Å². The Balaban J connectivity index is 2.73. The van der Waals surface area contributed by atoms with Crippen molar-refractivity contribution in [3.8, 4) is 0 Å². The van der Waals surface area contributed by atoms with Crippen molar-refractivity contribution in [3.05, 3.63) is 24.1 Å². The first-order valence-electron chi connectivity index (χ1n) is 3.31. The molecule has 0 saturated heterocycles. The zero-order valence-corrected chi connectivity index (χ0v) is 6.24. The number of alkyl halides is 4. The molecule has 1 nitrogen and oxygen atoms in total. The van der Waals surface area contributed by atoms with Crippen LogP contribution in [-0.4, -0.2) is 12.2 Å². The summed E-state index contributed by atoms with van der Waals surface area (Å²) in [5.74, 6) is -4.20. The Morgan fingerprint density at radius 2 is 2.00 bits per heavy atom. The Kier molecular flexibility index (Phi) is 2.42. The number of hydrogen-bond acceptors (Lipinski definition) is 1. The minimum Gasteiger partial charge on any atom is -0.250 e. The van der Waals surface area contributed by atoms with Gasteiger partial charge in [-0.2, -0.15) is 0 Å². The second-order valence-electron chi connectivity index (χ2n) is 2.47. The maximum absolute atomic E-state index is 13.0. The monoisotopic (exact) mass is 200 g/mol. The highest BCUT2D eigenvalue weighted by Crippen LogP contribution is 2.33. The fourth-order valence-corrected chi connectivity index (χ4v) is 0.909. The number of ether oxygens (including phenoxy) is 1. The van der Waals surface area contributed by atoms with Gasteiger partial charge in [0.1, 0.15) is 5.83 Å². The summed E-state index contributed by atoms with van der Waals surface area (Å²) in [4.78, 5) is 0. The van der Waals surface area contributed by atoms with E-state index in [1.165, 1.54) is 0 Å². The summed E-state index contributed by atoms with van der Waals surface area (Å²) < 4.78 is 63.2. The smallest absolute Gasteiger partial charge is 0.250 e. The normalized spacial score (nSPS) is 28.8. The molecule has 0 saturated carbocycles. The van der Waals surface area contributed by atoms with Crippen molar-refractivity contribution in [2.45, 2.75) is 18.6 Å². The molecule has 0 radical (unpaired) electrons. The molecule has 1 atom stereocenters. The second-order valence-corrected chi connectivity index (χ2v) is 2.47. The zero-order chi connectivity index (χ0) is 10.1. The topological polar surface area (TPSA) is 9.23 Å². The maximum Gasteiger partial charge on any atom is 0.525 e. The van der Waals surface area contributed by atoms with Crippen LogP contribution in [0.2, 0.25) is 0 Å². The molecule has 0 N–H and O–H groups in total. The molecule has 74 valence electrons. The molecule has 1 rings (SSSR count). The van der Waals surface area contributed by atoms with E-state index in [2.05, 4.69) is 4.74 Å². The molecule has 0 spiro atoms. The molecule has 0 aromatic rings. The van der Waals surface area contributed by atoms with Gasteiger partial charge < -0.3 is 0 Å². The van der Waals surface area contributed by atoms with Gasteiger partial charge in [0.25, 0.3) is 0 Å². The zero-order valence-electron chi connectivity index (χ0n) is 6.24. The van der Waals surface area contributed by atoms with Crippen molar-refractivity contribution in [3.63, 3.8) is 0 Å². The fraction of sp³-hybridized carbons (Fsp3) is 0.429. The first kappa shape index (κ1) is 10.2. The predicted octanol–water partition coefficient (Wildman–Crippen LogP) is 3.00. The lowest BCUT2D eigenvalue weighted by molar-refractivity contribution is -0.380. The third kappa shape index (κ3) is 3.14. The second kappa shape index (κ2) is 3.10. The molecular weight excluding hydrogens is 195 g/mol. The molecule has 0 amide bonds. The first-order chi connectivity index (χ1) is 5.81. The van der Waals surface area contributed by atoms with Crippen LogP contribution in [0.25, 0.3) is 0 Å². The van der Waals surface area contributed by atoms with Gasteiger partial charge in [-0.25, -0.2) is 8.78 Å². The maximum atomic E-state index is 13.0. The van der Waals surface area contributed by atoms with E-state index in [-0.39, 0.29) is 6.08 Å². The standard InChI is InChI=1S/C7H5F5O/c8-5-2-1-3-6(9,4-5)13-7(10,11)12/h1-2,4H,3H2. The van der Waals surface area contributed by atoms with Gasteiger partial charge in [0.15, 0.2) is 0 Å². The highest BCUT2D eigenvalue weighted by molar-refractivity contribution is 5.21. The van der Waals surface area contributed by atoms with Crippen molar-refractivity contribution in [1.82, 2.24) is 0 Å². The third-order valence-electron chi connectivity index (χ3n) is 1.31. The molecule has 0 bridgehead atoms. The Morgan fingerprint density at radius 3 is 2.46 bits per heavy atom. The van der Waals surface area contributed by atoms with Crippen LogP contribution in [-0.2, 0) is 4.74 Å². The number of halogens is 5. The highest BCUT2D eigenvalue weighted by atomic mass is 19.4. The Hall–Kier alpha value is -0.910. The average Bonchev–Trinajstić information content (AvgIpc) is 1.79. The van der Waals surface area contributed by atoms with E-state index >= 15 is 0 Å². The molecular formula is C7H5F5O. The van der Waals surface area contributed by atoms with Gasteiger partial charge in [-0.15, -0.1) is 13.2 Å². The van der Waals surface area contributed by atoms with E-state index in [4.69, 9.17) is 0 Å². The van der Waals surface area contributed by atoms with E-state index in [9.17, 15) is 22.0 Å². The van der Waals surface area contributed by atoms with Gasteiger partial charge in [-0.1, -0.05) is 6.08 Å². The Labute approximate surface area is 70.5 Å². The molecule has 0 heterocycles. The molecule has 13 heavy (non-hydrogen) atoms. The van der Waals surface area contributed by atoms with Crippen molar-refractivity contribution in [2.24, 2.45) is 0 Å². The van der Waals surface area contributed by atoms with Crippen LogP contribution in [0.1, 0.15) is 6.42 Å². The van der Waals surface area contributed by atoms with Crippen molar-refractivity contribution < 1.29 is 26.7 Å². The van der Waals surface area contributed by atoms with Crippen molar-refractivity contribution in [1.29, 1.82) is 0 Å². The van der Waals surface area contributed by atoms with Crippen LogP contribution in [0.4, 0.5) is 22.0 Å². The molecule has 6 heteroatoms. The number of hydrogen-bond donors (Lipinski definition) is 0. The van der Waals surface area contributed by atoms with Crippen molar-refractivity contribution in [2.75, 3.05) is 0 Å². The van der Waals surface area contributed by atoms with E-state index in [0.717, 1.165) is 12.2 Å². The van der Waals surface area contributed by atoms with E-state index in [1.54, 1.807) is 0 Å². The van der Waals surface area contributed by atoms with E-state index in [1.807, 2.05) is 0 Å². The molecule has 1 aliphatic rings. The summed E-state index contributed by atoms with van der Waals surface area (Å²) in [7, 11) is 0. The SMILES string of the molecule is FC1=CC(F)(OC(F)(F)F)CC=C1. The molecule has 1 unspecified atom stereocenters. The summed E-state index contributed by atoms with van der Waals surface area (Å²) in [5, 5.41) is 0. The summed E-state index contributed by atoms with van der Waals surface area (Å²) in [6, 6.07) is 0. The third-order valence-corrected chi connectivity index (χ3v) is 1.31. The molecule has 0 aromatic carbocycles. The molecule has 0 fully saturated rings. The summed E-state index contributed by atoms with van der Waals surface area (Å²) in [6.07, 6.45) is -3.81. The summed E-state index contributed by atoms with van der Waals surface area (Å²) >= 11 is 0. The first-order valence-corrected chi connectivity index (χ1v) is 3.31. The van der Waals surface area contributed by atoms with Crippen molar-refractivity contribution >= 4 is 0 Å². The van der Waals surface area contributed by atoms with Gasteiger partial charge in [0.2, 0.25) is 5.85 Å². The van der Waals surface area contributed by atoms with E-state index < -0.39 is 24.5 Å². The molecule has 0 aromatic heterocycles. The van der Waals surface area contributed by atoms with Crippen LogP contribution in [0.5, 0.6) is 0 Å². The minimum atomic E-state index is -5.11.